The molecule has 0 radical (unpaired) electrons. The predicted octanol–water partition coefficient (Wildman–Crippen LogP) is 2.36. The lowest BCUT2D eigenvalue weighted by atomic mass is 10.1. The van der Waals surface area contributed by atoms with Gasteiger partial charge in [0.15, 0.2) is 0 Å². The number of hydrogen-bond donors (Lipinski definition) is 2. The van der Waals surface area contributed by atoms with Gasteiger partial charge in [-0.3, -0.25) is 14.7 Å². The molecule has 0 fully saturated rings. The zero-order valence-corrected chi connectivity index (χ0v) is 12.3. The Kier molecular flexibility index (Phi) is 4.04. The van der Waals surface area contributed by atoms with Crippen LogP contribution in [0.4, 0.5) is 5.69 Å². The number of imidazole rings is 1. The van der Waals surface area contributed by atoms with Crippen LogP contribution in [0.5, 0.6) is 5.88 Å². The van der Waals surface area contributed by atoms with Gasteiger partial charge in [-0.1, -0.05) is 11.6 Å². The van der Waals surface area contributed by atoms with Crippen LogP contribution in [-0.4, -0.2) is 19.6 Å². The number of nitrogens with zero attached hydrogens (tertiary/aromatic N) is 2. The van der Waals surface area contributed by atoms with Crippen LogP contribution >= 0.6 is 11.6 Å². The first-order valence-electron chi connectivity index (χ1n) is 6.29. The van der Waals surface area contributed by atoms with Crippen molar-refractivity contribution in [1.82, 2.24) is 9.55 Å². The molecule has 2 aromatic rings. The van der Waals surface area contributed by atoms with Gasteiger partial charge in [0.05, 0.1) is 10.6 Å². The van der Waals surface area contributed by atoms with E-state index in [2.05, 4.69) is 4.98 Å². The Morgan fingerprint density at radius 1 is 1.48 bits per heavy atom. The summed E-state index contributed by atoms with van der Waals surface area (Å²) >= 11 is 6.00. The van der Waals surface area contributed by atoms with E-state index in [4.69, 9.17) is 11.6 Å². The van der Waals surface area contributed by atoms with Crippen LogP contribution in [0.3, 0.4) is 0 Å². The molecule has 8 heteroatoms. The number of nitrogens with one attached hydrogen (secondary N) is 1. The Morgan fingerprint density at radius 3 is 2.67 bits per heavy atom. The molecule has 1 heterocycles. The molecule has 21 heavy (non-hydrogen) atoms. The average Bonchev–Trinajstić information content (AvgIpc) is 2.67. The zero-order chi connectivity index (χ0) is 15.7. The lowest BCUT2D eigenvalue weighted by molar-refractivity contribution is -0.385. The molecule has 0 aliphatic carbocycles. The number of aromatic amines is 1. The molecule has 0 atom stereocenters. The van der Waals surface area contributed by atoms with Crippen molar-refractivity contribution in [2.75, 3.05) is 0 Å². The summed E-state index contributed by atoms with van der Waals surface area (Å²) in [6.45, 7) is 3.69. The normalized spacial score (nSPS) is 10.8. The minimum Gasteiger partial charge on any atom is -0.493 e. The third-order valence-electron chi connectivity index (χ3n) is 3.27. The molecule has 1 aromatic heterocycles. The smallest absolute Gasteiger partial charge is 0.328 e. The van der Waals surface area contributed by atoms with E-state index in [9.17, 15) is 20.0 Å². The molecule has 0 bridgehead atoms. The molecule has 0 unspecified atom stereocenters. The van der Waals surface area contributed by atoms with E-state index < -0.39 is 10.6 Å². The highest BCUT2D eigenvalue weighted by Crippen LogP contribution is 2.29. The summed E-state index contributed by atoms with van der Waals surface area (Å²) in [5.74, 6) is -0.214. The van der Waals surface area contributed by atoms with Crippen LogP contribution in [0.15, 0.2) is 16.9 Å². The summed E-state index contributed by atoms with van der Waals surface area (Å²) in [4.78, 5) is 24.7. The first-order chi connectivity index (χ1) is 9.85. The van der Waals surface area contributed by atoms with E-state index in [0.717, 1.165) is 4.57 Å². The van der Waals surface area contributed by atoms with Crippen molar-refractivity contribution in [2.45, 2.75) is 26.8 Å². The Bertz CT molecular complexity index is 764. The van der Waals surface area contributed by atoms with Gasteiger partial charge in [0, 0.05) is 29.6 Å². The van der Waals surface area contributed by atoms with Gasteiger partial charge in [-0.15, -0.1) is 0 Å². The molecule has 0 saturated carbocycles. The second-order valence-electron chi connectivity index (χ2n) is 4.64. The van der Waals surface area contributed by atoms with Gasteiger partial charge in [0.1, 0.15) is 0 Å². The van der Waals surface area contributed by atoms with Gasteiger partial charge in [0.2, 0.25) is 5.88 Å². The molecular formula is C13H14ClN3O4. The van der Waals surface area contributed by atoms with Gasteiger partial charge < -0.3 is 10.1 Å². The summed E-state index contributed by atoms with van der Waals surface area (Å²) < 4.78 is 1.15. The van der Waals surface area contributed by atoms with E-state index in [-0.39, 0.29) is 23.7 Å². The number of nitro benzene ring substituents is 1. The summed E-state index contributed by atoms with van der Waals surface area (Å²) in [5, 5.41) is 21.5. The van der Waals surface area contributed by atoms with Crippen LogP contribution in [0.2, 0.25) is 5.02 Å². The van der Waals surface area contributed by atoms with Crippen molar-refractivity contribution >= 4 is 17.3 Å². The van der Waals surface area contributed by atoms with Crippen molar-refractivity contribution < 1.29 is 10.0 Å². The summed E-state index contributed by atoms with van der Waals surface area (Å²) in [5.41, 5.74) is 0.600. The Balaban J connectivity index is 2.51. The van der Waals surface area contributed by atoms with Crippen LogP contribution < -0.4 is 5.69 Å². The van der Waals surface area contributed by atoms with Gasteiger partial charge in [-0.05, 0) is 25.5 Å². The molecule has 0 saturated heterocycles. The van der Waals surface area contributed by atoms with Gasteiger partial charge in [-0.2, -0.15) is 0 Å². The largest absolute Gasteiger partial charge is 0.493 e. The number of aromatic hydroxyl groups is 1. The lowest BCUT2D eigenvalue weighted by Crippen LogP contribution is -2.14. The van der Waals surface area contributed by atoms with E-state index in [0.29, 0.717) is 22.7 Å². The fraction of sp³-hybridized carbons (Fsp3) is 0.308. The summed E-state index contributed by atoms with van der Waals surface area (Å²) in [6.07, 6.45) is 0.0182. The van der Waals surface area contributed by atoms with Crippen LogP contribution in [0.25, 0.3) is 0 Å². The molecule has 0 aliphatic heterocycles. The molecular weight excluding hydrogens is 298 g/mol. The highest BCUT2D eigenvalue weighted by Gasteiger charge is 2.20. The maximum atomic E-state index is 11.6. The van der Waals surface area contributed by atoms with Crippen LogP contribution in [0, 0.1) is 17.0 Å². The molecule has 7 nitrogen and oxygen atoms in total. The van der Waals surface area contributed by atoms with Crippen LogP contribution in [0.1, 0.15) is 23.7 Å². The zero-order valence-electron chi connectivity index (χ0n) is 11.5. The Morgan fingerprint density at radius 2 is 2.14 bits per heavy atom. The van der Waals surface area contributed by atoms with E-state index in [1.54, 1.807) is 13.8 Å². The molecule has 0 amide bonds. The number of aryl methyl sites for hydroxylation is 1. The number of aromatic nitrogens is 2. The van der Waals surface area contributed by atoms with Crippen molar-refractivity contribution in [2.24, 2.45) is 0 Å². The number of nitro groups is 1. The second kappa shape index (κ2) is 5.61. The molecule has 0 aliphatic rings. The number of H-pyrrole nitrogens is 1. The molecule has 1 aromatic carbocycles. The minimum absolute atomic E-state index is 0.0182. The van der Waals surface area contributed by atoms with Gasteiger partial charge >= 0.3 is 5.69 Å². The fourth-order valence-corrected chi connectivity index (χ4v) is 2.32. The number of hydrogen-bond acceptors (Lipinski definition) is 4. The van der Waals surface area contributed by atoms with Gasteiger partial charge in [0.25, 0.3) is 5.69 Å². The number of benzene rings is 1. The standard InChI is InChI=1S/C13H14ClN3O4/c1-3-16-12(18)10(15-13(16)19)6-8-5-9(14)7(2)4-11(8)17(20)21/h4-5,18H,3,6H2,1-2H3,(H,15,19). The molecule has 2 N–H and O–H groups in total. The molecule has 112 valence electrons. The van der Waals surface area contributed by atoms with Crippen molar-refractivity contribution in [3.05, 3.63) is 54.6 Å². The molecule has 0 spiro atoms. The summed E-state index contributed by atoms with van der Waals surface area (Å²) in [6, 6.07) is 2.86. The maximum absolute atomic E-state index is 11.6. The van der Waals surface area contributed by atoms with E-state index in [1.807, 2.05) is 0 Å². The topological polar surface area (TPSA) is 101 Å². The molecule has 2 rings (SSSR count). The van der Waals surface area contributed by atoms with Gasteiger partial charge in [-0.25, -0.2) is 4.79 Å². The second-order valence-corrected chi connectivity index (χ2v) is 5.05. The van der Waals surface area contributed by atoms with Crippen LogP contribution in [-0.2, 0) is 13.0 Å². The highest BCUT2D eigenvalue weighted by atomic mass is 35.5. The maximum Gasteiger partial charge on any atom is 0.328 e. The first-order valence-corrected chi connectivity index (χ1v) is 6.67. The number of halogens is 1. The van der Waals surface area contributed by atoms with Crippen molar-refractivity contribution in [3.8, 4) is 5.88 Å². The monoisotopic (exact) mass is 311 g/mol. The highest BCUT2D eigenvalue weighted by molar-refractivity contribution is 6.31. The third-order valence-corrected chi connectivity index (χ3v) is 3.68. The van der Waals surface area contributed by atoms with E-state index >= 15 is 0 Å². The predicted molar refractivity (Wildman–Crippen MR) is 78.0 cm³/mol. The Labute approximate surface area is 124 Å². The average molecular weight is 312 g/mol. The summed E-state index contributed by atoms with van der Waals surface area (Å²) in [7, 11) is 0. The lowest BCUT2D eigenvalue weighted by Gasteiger charge is -2.06. The Hall–Kier alpha value is -2.28. The SMILES string of the molecule is CCn1c(O)c(Cc2cc(Cl)c(C)cc2[N+](=O)[O-])[nH]c1=O. The van der Waals surface area contributed by atoms with E-state index in [1.165, 1.54) is 12.1 Å². The fourth-order valence-electron chi connectivity index (χ4n) is 2.14. The van der Waals surface area contributed by atoms with Crippen molar-refractivity contribution in [1.29, 1.82) is 0 Å². The third kappa shape index (κ3) is 2.78. The van der Waals surface area contributed by atoms with Crippen molar-refractivity contribution in [3.63, 3.8) is 0 Å². The first kappa shape index (κ1) is 15.1. The number of rotatable bonds is 4. The minimum atomic E-state index is -0.509. The quantitative estimate of drug-likeness (QED) is 0.668.